The number of benzene rings is 5. The Labute approximate surface area is 246 Å². The Morgan fingerprint density at radius 2 is 1.02 bits per heavy atom. The van der Waals surface area contributed by atoms with Crippen molar-refractivity contribution in [1.29, 1.82) is 0 Å². The first kappa shape index (κ1) is 28.2. The fraction of sp³-hybridized carbons (Fsp3) is 0.108. The Morgan fingerprint density at radius 3 is 1.55 bits per heavy atom. The van der Waals surface area contributed by atoms with Crippen LogP contribution in [0.4, 0.5) is 0 Å². The Balaban J connectivity index is 1.31. The smallest absolute Gasteiger partial charge is 0.185 e. The molecule has 0 radical (unpaired) electrons. The van der Waals surface area contributed by atoms with Gasteiger partial charge in [0.15, 0.2) is 28.8 Å². The average molecular weight is 557 g/mol. The SMILES string of the molecule is COc1ccc(/C=C/C(=O)c2ccc(OCc3ccccc3)c(OCc3ccccc3)c2)cc1OCc1ccccc1. The third-order valence-electron chi connectivity index (χ3n) is 6.55. The van der Waals surface area contributed by atoms with Gasteiger partial charge >= 0.3 is 0 Å². The first-order chi connectivity index (χ1) is 20.7. The average Bonchev–Trinajstić information content (AvgIpc) is 3.06. The molecule has 0 saturated carbocycles. The van der Waals surface area contributed by atoms with Crippen LogP contribution in [-0.4, -0.2) is 12.9 Å². The first-order valence-electron chi connectivity index (χ1n) is 13.7. The maximum absolute atomic E-state index is 13.2. The quantitative estimate of drug-likeness (QED) is 0.108. The molecule has 0 aromatic heterocycles. The van der Waals surface area contributed by atoms with Crippen molar-refractivity contribution in [2.75, 3.05) is 7.11 Å². The number of ketones is 1. The molecule has 0 N–H and O–H groups in total. The predicted octanol–water partition coefficient (Wildman–Crippen LogP) is 8.33. The monoisotopic (exact) mass is 556 g/mol. The summed E-state index contributed by atoms with van der Waals surface area (Å²) in [4.78, 5) is 13.2. The van der Waals surface area contributed by atoms with E-state index < -0.39 is 0 Å². The van der Waals surface area contributed by atoms with Gasteiger partial charge in [0.25, 0.3) is 0 Å². The van der Waals surface area contributed by atoms with E-state index in [0.717, 1.165) is 22.3 Å². The first-order valence-corrected chi connectivity index (χ1v) is 13.7. The van der Waals surface area contributed by atoms with Crippen LogP contribution in [0.15, 0.2) is 133 Å². The summed E-state index contributed by atoms with van der Waals surface area (Å²) in [6, 6.07) is 40.6. The summed E-state index contributed by atoms with van der Waals surface area (Å²) in [6.07, 6.45) is 3.31. The lowest BCUT2D eigenvalue weighted by atomic mass is 10.1. The lowest BCUT2D eigenvalue weighted by molar-refractivity contribution is 0.104. The molecule has 0 fully saturated rings. The molecule has 0 heterocycles. The third kappa shape index (κ3) is 7.89. The molecule has 5 rings (SSSR count). The van der Waals surface area contributed by atoms with Gasteiger partial charge in [0, 0.05) is 5.56 Å². The standard InChI is InChI=1S/C37H32O5/c1-39-34-21-18-28(23-36(34)41-26-30-13-7-3-8-14-30)17-20-33(38)32-19-22-35(40-25-29-11-5-2-6-12-29)37(24-32)42-27-31-15-9-4-10-16-31/h2-24H,25-27H2,1H3/b20-17+. The molecular weight excluding hydrogens is 524 g/mol. The van der Waals surface area contributed by atoms with Crippen molar-refractivity contribution in [2.45, 2.75) is 19.8 Å². The third-order valence-corrected chi connectivity index (χ3v) is 6.55. The van der Waals surface area contributed by atoms with Crippen molar-refractivity contribution >= 4 is 11.9 Å². The molecule has 5 nitrogen and oxygen atoms in total. The van der Waals surface area contributed by atoms with Crippen LogP contribution in [0.5, 0.6) is 23.0 Å². The van der Waals surface area contributed by atoms with E-state index in [1.165, 1.54) is 0 Å². The number of rotatable bonds is 13. The van der Waals surface area contributed by atoms with E-state index >= 15 is 0 Å². The Kier molecular flexibility index (Phi) is 9.67. The molecule has 0 spiro atoms. The maximum atomic E-state index is 13.2. The minimum atomic E-state index is -0.156. The molecule has 0 atom stereocenters. The van der Waals surface area contributed by atoms with E-state index in [1.807, 2.05) is 109 Å². The molecule has 0 unspecified atom stereocenters. The lowest BCUT2D eigenvalue weighted by Gasteiger charge is -2.14. The minimum Gasteiger partial charge on any atom is -0.493 e. The topological polar surface area (TPSA) is 54.0 Å². The molecule has 0 bridgehead atoms. The zero-order chi connectivity index (χ0) is 29.0. The molecule has 5 aromatic carbocycles. The molecule has 5 heteroatoms. The van der Waals surface area contributed by atoms with E-state index in [4.69, 9.17) is 18.9 Å². The van der Waals surface area contributed by atoms with Crippen molar-refractivity contribution in [3.63, 3.8) is 0 Å². The van der Waals surface area contributed by atoms with Crippen LogP contribution in [0.25, 0.3) is 6.08 Å². The highest BCUT2D eigenvalue weighted by atomic mass is 16.5. The van der Waals surface area contributed by atoms with Crippen LogP contribution in [0.1, 0.15) is 32.6 Å². The maximum Gasteiger partial charge on any atom is 0.185 e. The fourth-order valence-corrected chi connectivity index (χ4v) is 4.28. The van der Waals surface area contributed by atoms with Gasteiger partial charge < -0.3 is 18.9 Å². The van der Waals surface area contributed by atoms with Crippen LogP contribution in [0.2, 0.25) is 0 Å². The summed E-state index contributed by atoms with van der Waals surface area (Å²) in [5, 5.41) is 0. The molecule has 0 aliphatic carbocycles. The summed E-state index contributed by atoms with van der Waals surface area (Å²) in [7, 11) is 1.61. The number of carbonyl (C=O) groups excluding carboxylic acids is 1. The van der Waals surface area contributed by atoms with Crippen LogP contribution in [-0.2, 0) is 19.8 Å². The van der Waals surface area contributed by atoms with Crippen LogP contribution >= 0.6 is 0 Å². The zero-order valence-electron chi connectivity index (χ0n) is 23.4. The van der Waals surface area contributed by atoms with Gasteiger partial charge in [-0.1, -0.05) is 103 Å². The van der Waals surface area contributed by atoms with E-state index in [2.05, 4.69) is 0 Å². The number of hydrogen-bond acceptors (Lipinski definition) is 5. The van der Waals surface area contributed by atoms with Gasteiger partial charge in [-0.25, -0.2) is 0 Å². The van der Waals surface area contributed by atoms with Crippen molar-refractivity contribution in [3.05, 3.63) is 161 Å². The highest BCUT2D eigenvalue weighted by Crippen LogP contribution is 2.32. The molecule has 0 aliphatic heterocycles. The molecule has 5 aromatic rings. The normalized spacial score (nSPS) is 10.8. The molecule has 42 heavy (non-hydrogen) atoms. The molecule has 0 aliphatic rings. The molecular formula is C37H32O5. The minimum absolute atomic E-state index is 0.156. The van der Waals surface area contributed by atoms with Crippen molar-refractivity contribution in [3.8, 4) is 23.0 Å². The Bertz CT molecular complexity index is 1610. The van der Waals surface area contributed by atoms with Crippen molar-refractivity contribution in [2.24, 2.45) is 0 Å². The number of carbonyl (C=O) groups is 1. The Hall–Kier alpha value is -5.29. The van der Waals surface area contributed by atoms with Gasteiger partial charge in [0.2, 0.25) is 0 Å². The molecule has 0 saturated heterocycles. The summed E-state index contributed by atoms with van der Waals surface area (Å²) in [6.45, 7) is 1.16. The number of hydrogen-bond donors (Lipinski definition) is 0. The highest BCUT2D eigenvalue weighted by Gasteiger charge is 2.12. The highest BCUT2D eigenvalue weighted by molar-refractivity contribution is 6.07. The van der Waals surface area contributed by atoms with Gasteiger partial charge in [0.1, 0.15) is 19.8 Å². The predicted molar refractivity (Wildman–Crippen MR) is 165 cm³/mol. The van der Waals surface area contributed by atoms with Crippen LogP contribution in [0, 0.1) is 0 Å². The zero-order valence-corrected chi connectivity index (χ0v) is 23.4. The van der Waals surface area contributed by atoms with Crippen LogP contribution < -0.4 is 18.9 Å². The molecule has 0 amide bonds. The van der Waals surface area contributed by atoms with Crippen LogP contribution in [0.3, 0.4) is 0 Å². The number of ether oxygens (including phenoxy) is 4. The van der Waals surface area contributed by atoms with E-state index in [-0.39, 0.29) is 5.78 Å². The number of methoxy groups -OCH3 is 1. The van der Waals surface area contributed by atoms with E-state index in [0.29, 0.717) is 48.4 Å². The lowest BCUT2D eigenvalue weighted by Crippen LogP contribution is -2.03. The summed E-state index contributed by atoms with van der Waals surface area (Å²) in [5.74, 6) is 2.16. The largest absolute Gasteiger partial charge is 0.493 e. The Morgan fingerprint density at radius 1 is 0.548 bits per heavy atom. The fourth-order valence-electron chi connectivity index (χ4n) is 4.28. The van der Waals surface area contributed by atoms with Gasteiger partial charge in [-0.3, -0.25) is 4.79 Å². The summed E-state index contributed by atoms with van der Waals surface area (Å²) in [5.41, 5.74) is 4.43. The second-order valence-electron chi connectivity index (χ2n) is 9.59. The summed E-state index contributed by atoms with van der Waals surface area (Å²) >= 11 is 0. The van der Waals surface area contributed by atoms with Gasteiger partial charge in [-0.05, 0) is 58.7 Å². The second kappa shape index (κ2) is 14.4. The van der Waals surface area contributed by atoms with E-state index in [1.54, 1.807) is 37.5 Å². The van der Waals surface area contributed by atoms with Gasteiger partial charge in [-0.15, -0.1) is 0 Å². The summed E-state index contributed by atoms with van der Waals surface area (Å²) < 4.78 is 23.7. The van der Waals surface area contributed by atoms with Crippen molar-refractivity contribution < 1.29 is 23.7 Å². The number of allylic oxidation sites excluding steroid dienone is 1. The van der Waals surface area contributed by atoms with Gasteiger partial charge in [-0.2, -0.15) is 0 Å². The molecule has 210 valence electrons. The second-order valence-corrected chi connectivity index (χ2v) is 9.59. The van der Waals surface area contributed by atoms with Crippen molar-refractivity contribution in [1.82, 2.24) is 0 Å². The van der Waals surface area contributed by atoms with Gasteiger partial charge in [0.05, 0.1) is 7.11 Å². The van der Waals surface area contributed by atoms with E-state index in [9.17, 15) is 4.79 Å².